The van der Waals surface area contributed by atoms with Gasteiger partial charge in [-0.25, -0.2) is 0 Å². The van der Waals surface area contributed by atoms with Crippen LogP contribution in [-0.2, 0) is 4.79 Å². The third kappa shape index (κ3) is 2.54. The molecule has 1 aliphatic heterocycles. The smallest absolute Gasteiger partial charge is 0.548 e. The minimum absolute atomic E-state index is 0. The zero-order valence-electron chi connectivity index (χ0n) is 8.69. The van der Waals surface area contributed by atoms with Gasteiger partial charge < -0.3 is 14.6 Å². The summed E-state index contributed by atoms with van der Waals surface area (Å²) < 4.78 is 4.99. The Morgan fingerprint density at radius 3 is 2.40 bits per heavy atom. The first kappa shape index (κ1) is 12.1. The Morgan fingerprint density at radius 1 is 1.40 bits per heavy atom. The molecule has 0 unspecified atom stereocenters. The van der Waals surface area contributed by atoms with Crippen molar-refractivity contribution in [3.8, 4) is 5.75 Å². The Morgan fingerprint density at radius 2 is 2.00 bits per heavy atom. The number of benzene rings is 1. The molecule has 1 aromatic rings. The van der Waals surface area contributed by atoms with Crippen LogP contribution < -0.4 is 34.0 Å². The molecule has 5 heteroatoms. The fourth-order valence-corrected chi connectivity index (χ4v) is 1.44. The molecule has 2 atom stereocenters. The van der Waals surface area contributed by atoms with Gasteiger partial charge in [-0.2, -0.15) is 0 Å². The molecule has 4 nitrogen and oxygen atoms in total. The van der Waals surface area contributed by atoms with Crippen LogP contribution in [0.4, 0.5) is 0 Å². The van der Waals surface area contributed by atoms with E-state index in [1.807, 2.05) is 24.3 Å². The molecular weight excluding hydrogens is 189 g/mol. The number of carboxylic acid groups (broad SMARTS) is 1. The predicted octanol–water partition coefficient (Wildman–Crippen LogP) is -3.54. The van der Waals surface area contributed by atoms with Crippen molar-refractivity contribution in [3.63, 3.8) is 0 Å². The Kier molecular flexibility index (Phi) is 3.81. The number of ether oxygens (including phenoxy) is 1. The molecule has 1 fully saturated rings. The molecule has 0 radical (unpaired) electrons. The van der Waals surface area contributed by atoms with Crippen LogP contribution in [0, 0.1) is 0 Å². The number of hydrogen-bond acceptors (Lipinski definition) is 4. The molecule has 1 aliphatic rings. The molecule has 2 rings (SSSR count). The van der Waals surface area contributed by atoms with Gasteiger partial charge in [0.2, 0.25) is 0 Å². The van der Waals surface area contributed by atoms with Gasteiger partial charge in [0.1, 0.15) is 5.75 Å². The average molecular weight is 199 g/mol. The van der Waals surface area contributed by atoms with Crippen LogP contribution in [0.5, 0.6) is 5.75 Å². The molecular formula is C10H10LiNO3. The summed E-state index contributed by atoms with van der Waals surface area (Å²) in [7, 11) is 1.59. The maximum absolute atomic E-state index is 10.5. The molecule has 0 saturated carbocycles. The quantitative estimate of drug-likeness (QED) is 0.404. The van der Waals surface area contributed by atoms with Crippen LogP contribution in [0.25, 0.3) is 0 Å². The van der Waals surface area contributed by atoms with Gasteiger partial charge >= 0.3 is 18.9 Å². The molecule has 0 bridgehead atoms. The molecule has 74 valence electrons. The van der Waals surface area contributed by atoms with E-state index in [0.29, 0.717) is 0 Å². The third-order valence-electron chi connectivity index (χ3n) is 2.31. The summed E-state index contributed by atoms with van der Waals surface area (Å²) in [5, 5.41) is 13.3. The van der Waals surface area contributed by atoms with Gasteiger partial charge in [0.15, 0.2) is 0 Å². The molecule has 1 N–H and O–H groups in total. The largest absolute Gasteiger partial charge is 1.00 e. The van der Waals surface area contributed by atoms with E-state index < -0.39 is 12.0 Å². The van der Waals surface area contributed by atoms with Gasteiger partial charge in [0.05, 0.1) is 25.2 Å². The molecule has 15 heavy (non-hydrogen) atoms. The van der Waals surface area contributed by atoms with E-state index in [1.165, 1.54) is 0 Å². The van der Waals surface area contributed by atoms with E-state index in [1.54, 1.807) is 7.11 Å². The molecule has 1 aromatic carbocycles. The minimum Gasteiger partial charge on any atom is -0.548 e. The van der Waals surface area contributed by atoms with Gasteiger partial charge in [0, 0.05) is 0 Å². The first-order chi connectivity index (χ1) is 6.72. The van der Waals surface area contributed by atoms with Gasteiger partial charge in [-0.3, -0.25) is 5.32 Å². The van der Waals surface area contributed by atoms with Crippen molar-refractivity contribution < 1.29 is 33.5 Å². The van der Waals surface area contributed by atoms with Crippen molar-refractivity contribution in [2.75, 3.05) is 7.11 Å². The standard InChI is InChI=1S/C10H11NO3.Li/c1-14-7-4-2-6(3-5-7)8-9(11-8)10(12)13;/h2-5,8-9,11H,1H3,(H,12,13);/q;+1/p-1/t8-,9+;/m0./s1. The Bertz CT molecular complexity index is 352. The normalized spacial score (nSPS) is 22.7. The van der Waals surface area contributed by atoms with Crippen LogP contribution in [0.3, 0.4) is 0 Å². The van der Waals surface area contributed by atoms with Crippen molar-refractivity contribution in [2.24, 2.45) is 0 Å². The van der Waals surface area contributed by atoms with Crippen molar-refractivity contribution in [2.45, 2.75) is 12.1 Å². The Labute approximate surface area is 99.8 Å². The SMILES string of the molecule is COc1ccc([C@@H]2N[C@H]2C(=O)[O-])cc1.[Li+]. The van der Waals surface area contributed by atoms with Crippen molar-refractivity contribution in [1.29, 1.82) is 0 Å². The fourth-order valence-electron chi connectivity index (χ4n) is 1.44. The fraction of sp³-hybridized carbons (Fsp3) is 0.300. The van der Waals surface area contributed by atoms with Crippen LogP contribution in [-0.4, -0.2) is 19.1 Å². The van der Waals surface area contributed by atoms with Gasteiger partial charge in [-0.05, 0) is 17.7 Å². The van der Waals surface area contributed by atoms with Crippen LogP contribution in [0.15, 0.2) is 24.3 Å². The van der Waals surface area contributed by atoms with E-state index in [-0.39, 0.29) is 24.9 Å². The number of carbonyl (C=O) groups is 1. The van der Waals surface area contributed by atoms with E-state index in [4.69, 9.17) is 4.74 Å². The topological polar surface area (TPSA) is 71.3 Å². The van der Waals surface area contributed by atoms with Crippen LogP contribution in [0.2, 0.25) is 0 Å². The summed E-state index contributed by atoms with van der Waals surface area (Å²) in [5.41, 5.74) is 0.944. The summed E-state index contributed by atoms with van der Waals surface area (Å²) in [5.74, 6) is -0.287. The monoisotopic (exact) mass is 199 g/mol. The summed E-state index contributed by atoms with van der Waals surface area (Å²) >= 11 is 0. The second-order valence-electron chi connectivity index (χ2n) is 3.21. The molecule has 1 saturated heterocycles. The zero-order valence-corrected chi connectivity index (χ0v) is 8.69. The van der Waals surface area contributed by atoms with Gasteiger partial charge in [0.25, 0.3) is 0 Å². The van der Waals surface area contributed by atoms with E-state index >= 15 is 0 Å². The van der Waals surface area contributed by atoms with Crippen molar-refractivity contribution >= 4 is 5.97 Å². The number of carbonyl (C=O) groups excluding carboxylic acids is 1. The Balaban J connectivity index is 0.00000112. The maximum Gasteiger partial charge on any atom is 1.00 e. The minimum atomic E-state index is -1.05. The maximum atomic E-state index is 10.5. The summed E-state index contributed by atoms with van der Waals surface area (Å²) in [6, 6.07) is 6.66. The Hall–Kier alpha value is -0.953. The molecule has 0 aliphatic carbocycles. The number of nitrogens with one attached hydrogen (secondary N) is 1. The van der Waals surface area contributed by atoms with Gasteiger partial charge in [-0.15, -0.1) is 0 Å². The van der Waals surface area contributed by atoms with Crippen molar-refractivity contribution in [1.82, 2.24) is 5.32 Å². The number of hydrogen-bond donors (Lipinski definition) is 1. The predicted molar refractivity (Wildman–Crippen MR) is 47.7 cm³/mol. The number of carboxylic acids is 1. The molecule has 1 heterocycles. The van der Waals surface area contributed by atoms with Gasteiger partial charge in [-0.1, -0.05) is 12.1 Å². The molecule has 0 spiro atoms. The van der Waals surface area contributed by atoms with E-state index in [9.17, 15) is 9.90 Å². The summed E-state index contributed by atoms with van der Waals surface area (Å²) in [4.78, 5) is 10.5. The van der Waals surface area contributed by atoms with E-state index in [0.717, 1.165) is 11.3 Å². The summed E-state index contributed by atoms with van der Waals surface area (Å²) in [6.45, 7) is 0. The number of rotatable bonds is 3. The van der Waals surface area contributed by atoms with E-state index in [2.05, 4.69) is 5.32 Å². The first-order valence-electron chi connectivity index (χ1n) is 4.33. The van der Waals surface area contributed by atoms with Crippen LogP contribution in [0.1, 0.15) is 11.6 Å². The number of methoxy groups -OCH3 is 1. The second kappa shape index (κ2) is 4.71. The zero-order chi connectivity index (χ0) is 10.1. The average Bonchev–Trinajstić information content (AvgIpc) is 2.97. The molecule has 0 amide bonds. The second-order valence-corrected chi connectivity index (χ2v) is 3.21. The number of aliphatic carboxylic acids is 1. The molecule has 0 aromatic heterocycles. The first-order valence-corrected chi connectivity index (χ1v) is 4.33. The van der Waals surface area contributed by atoms with Crippen LogP contribution >= 0.6 is 0 Å². The summed E-state index contributed by atoms with van der Waals surface area (Å²) in [6.07, 6.45) is 0. The van der Waals surface area contributed by atoms with Crippen molar-refractivity contribution in [3.05, 3.63) is 29.8 Å². The third-order valence-corrected chi connectivity index (χ3v) is 2.31.